The molecule has 1 fully saturated rings. The Bertz CT molecular complexity index is 518. The highest BCUT2D eigenvalue weighted by molar-refractivity contribution is 5.51. The minimum atomic E-state index is 0.597. The molecular formula is C16H21N3O. The maximum absolute atomic E-state index is 5.67. The van der Waals surface area contributed by atoms with Crippen molar-refractivity contribution in [3.63, 3.8) is 0 Å². The summed E-state index contributed by atoms with van der Waals surface area (Å²) < 4.78 is 5.67. The highest BCUT2D eigenvalue weighted by Crippen LogP contribution is 2.23. The first-order valence-electron chi connectivity index (χ1n) is 7.50. The lowest BCUT2D eigenvalue weighted by atomic mass is 9.89. The molecule has 4 heteroatoms. The van der Waals surface area contributed by atoms with Gasteiger partial charge in [0.05, 0.1) is 6.54 Å². The molecule has 0 bridgehead atoms. The van der Waals surface area contributed by atoms with Crippen molar-refractivity contribution in [1.29, 1.82) is 0 Å². The van der Waals surface area contributed by atoms with Gasteiger partial charge in [0.1, 0.15) is 0 Å². The van der Waals surface area contributed by atoms with Gasteiger partial charge in [-0.05, 0) is 37.4 Å². The molecule has 1 N–H and O–H groups in total. The van der Waals surface area contributed by atoms with Gasteiger partial charge in [-0.3, -0.25) is 0 Å². The van der Waals surface area contributed by atoms with E-state index in [0.717, 1.165) is 18.0 Å². The third kappa shape index (κ3) is 3.45. The number of hydrogen-bond donors (Lipinski definition) is 1. The normalized spacial score (nSPS) is 16.4. The highest BCUT2D eigenvalue weighted by atomic mass is 16.4. The molecule has 1 heterocycles. The van der Waals surface area contributed by atoms with E-state index in [1.165, 1.54) is 32.1 Å². The Kier molecular flexibility index (Phi) is 4.43. The van der Waals surface area contributed by atoms with Gasteiger partial charge in [-0.15, -0.1) is 10.2 Å². The van der Waals surface area contributed by atoms with Crippen molar-refractivity contribution >= 4 is 0 Å². The molecule has 0 aliphatic heterocycles. The van der Waals surface area contributed by atoms with E-state index < -0.39 is 0 Å². The smallest absolute Gasteiger partial charge is 0.247 e. The van der Waals surface area contributed by atoms with E-state index >= 15 is 0 Å². The zero-order valence-corrected chi connectivity index (χ0v) is 11.7. The molecule has 1 aromatic carbocycles. The minimum absolute atomic E-state index is 0.597. The number of benzene rings is 1. The predicted molar refractivity (Wildman–Crippen MR) is 78.0 cm³/mol. The molecule has 20 heavy (non-hydrogen) atoms. The van der Waals surface area contributed by atoms with Crippen LogP contribution in [0.4, 0.5) is 0 Å². The first-order valence-corrected chi connectivity index (χ1v) is 7.50. The van der Waals surface area contributed by atoms with Crippen LogP contribution in [0.5, 0.6) is 0 Å². The van der Waals surface area contributed by atoms with Crippen molar-refractivity contribution in [2.24, 2.45) is 5.92 Å². The number of nitrogens with zero attached hydrogens (tertiary/aromatic N) is 2. The van der Waals surface area contributed by atoms with E-state index in [1.807, 2.05) is 30.3 Å². The van der Waals surface area contributed by atoms with Crippen molar-refractivity contribution in [3.05, 3.63) is 36.2 Å². The quantitative estimate of drug-likeness (QED) is 0.905. The summed E-state index contributed by atoms with van der Waals surface area (Å²) in [6, 6.07) is 9.88. The first kappa shape index (κ1) is 13.3. The fourth-order valence-electron chi connectivity index (χ4n) is 2.80. The van der Waals surface area contributed by atoms with E-state index in [2.05, 4.69) is 15.5 Å². The first-order chi connectivity index (χ1) is 9.92. The average Bonchev–Trinajstić information content (AvgIpc) is 2.98. The molecule has 1 saturated carbocycles. The van der Waals surface area contributed by atoms with Crippen molar-refractivity contribution < 1.29 is 4.42 Å². The van der Waals surface area contributed by atoms with Crippen LogP contribution in [0.1, 0.15) is 38.0 Å². The third-order valence-electron chi connectivity index (χ3n) is 3.92. The van der Waals surface area contributed by atoms with E-state index in [1.54, 1.807) is 0 Å². The Morgan fingerprint density at radius 3 is 2.65 bits per heavy atom. The summed E-state index contributed by atoms with van der Waals surface area (Å²) in [6.07, 6.45) is 6.87. The average molecular weight is 271 g/mol. The second kappa shape index (κ2) is 6.66. The molecule has 2 aromatic rings. The van der Waals surface area contributed by atoms with Crippen molar-refractivity contribution in [3.8, 4) is 11.5 Å². The van der Waals surface area contributed by atoms with Gasteiger partial charge in [0, 0.05) is 5.56 Å². The summed E-state index contributed by atoms with van der Waals surface area (Å²) in [7, 11) is 0. The fraction of sp³-hybridized carbons (Fsp3) is 0.500. The van der Waals surface area contributed by atoms with Crippen LogP contribution in [0.2, 0.25) is 0 Å². The zero-order valence-electron chi connectivity index (χ0n) is 11.7. The molecule has 0 spiro atoms. The van der Waals surface area contributed by atoms with Crippen LogP contribution in [0, 0.1) is 5.92 Å². The van der Waals surface area contributed by atoms with Crippen molar-refractivity contribution in [1.82, 2.24) is 15.5 Å². The lowest BCUT2D eigenvalue weighted by molar-refractivity contribution is 0.335. The van der Waals surface area contributed by atoms with Gasteiger partial charge in [0.25, 0.3) is 0 Å². The lowest BCUT2D eigenvalue weighted by Gasteiger charge is -2.21. The minimum Gasteiger partial charge on any atom is -0.419 e. The topological polar surface area (TPSA) is 51.0 Å². The van der Waals surface area contributed by atoms with Gasteiger partial charge in [-0.2, -0.15) is 0 Å². The van der Waals surface area contributed by atoms with Crippen LogP contribution < -0.4 is 5.32 Å². The van der Waals surface area contributed by atoms with Gasteiger partial charge >= 0.3 is 0 Å². The highest BCUT2D eigenvalue weighted by Gasteiger charge is 2.13. The third-order valence-corrected chi connectivity index (χ3v) is 3.92. The number of rotatable bonds is 5. The Balaban J connectivity index is 1.50. The molecule has 0 amide bonds. The summed E-state index contributed by atoms with van der Waals surface area (Å²) >= 11 is 0. The molecule has 0 atom stereocenters. The fourth-order valence-corrected chi connectivity index (χ4v) is 2.80. The second-order valence-corrected chi connectivity index (χ2v) is 5.50. The summed E-state index contributed by atoms with van der Waals surface area (Å²) in [5.74, 6) is 2.08. The maximum Gasteiger partial charge on any atom is 0.247 e. The predicted octanol–water partition coefficient (Wildman–Crippen LogP) is 3.41. The van der Waals surface area contributed by atoms with E-state index in [9.17, 15) is 0 Å². The van der Waals surface area contributed by atoms with Crippen LogP contribution >= 0.6 is 0 Å². The molecule has 4 nitrogen and oxygen atoms in total. The summed E-state index contributed by atoms with van der Waals surface area (Å²) in [5.41, 5.74) is 0.971. The Labute approximate surface area is 119 Å². The van der Waals surface area contributed by atoms with Crippen LogP contribution in [0.15, 0.2) is 34.7 Å². The molecular weight excluding hydrogens is 250 g/mol. The summed E-state index contributed by atoms with van der Waals surface area (Å²) in [6.45, 7) is 1.72. The molecule has 0 unspecified atom stereocenters. The Morgan fingerprint density at radius 2 is 1.85 bits per heavy atom. The van der Waals surface area contributed by atoms with Crippen molar-refractivity contribution in [2.75, 3.05) is 6.54 Å². The van der Waals surface area contributed by atoms with E-state index in [4.69, 9.17) is 4.42 Å². The Hall–Kier alpha value is -1.68. The van der Waals surface area contributed by atoms with Gasteiger partial charge in [-0.1, -0.05) is 37.5 Å². The van der Waals surface area contributed by atoms with E-state index in [-0.39, 0.29) is 0 Å². The largest absolute Gasteiger partial charge is 0.419 e. The van der Waals surface area contributed by atoms with Crippen LogP contribution in [-0.2, 0) is 6.54 Å². The van der Waals surface area contributed by atoms with Crippen LogP contribution in [0.3, 0.4) is 0 Å². The van der Waals surface area contributed by atoms with Gasteiger partial charge in [-0.25, -0.2) is 0 Å². The monoisotopic (exact) mass is 271 g/mol. The SMILES string of the molecule is c1ccc(-c2nnc(CNCC3CCCCC3)o2)cc1. The maximum atomic E-state index is 5.67. The van der Waals surface area contributed by atoms with E-state index in [0.29, 0.717) is 18.3 Å². The zero-order chi connectivity index (χ0) is 13.6. The molecule has 0 saturated heterocycles. The number of aromatic nitrogens is 2. The lowest BCUT2D eigenvalue weighted by Crippen LogP contribution is -2.24. The van der Waals surface area contributed by atoms with Crippen LogP contribution in [0.25, 0.3) is 11.5 Å². The molecule has 106 valence electrons. The van der Waals surface area contributed by atoms with Crippen molar-refractivity contribution in [2.45, 2.75) is 38.6 Å². The molecule has 0 radical (unpaired) electrons. The Morgan fingerprint density at radius 1 is 1.05 bits per heavy atom. The summed E-state index contributed by atoms with van der Waals surface area (Å²) in [4.78, 5) is 0. The number of hydrogen-bond acceptors (Lipinski definition) is 4. The second-order valence-electron chi connectivity index (χ2n) is 5.50. The molecule has 1 aromatic heterocycles. The molecule has 3 rings (SSSR count). The molecule has 1 aliphatic rings. The summed E-state index contributed by atoms with van der Waals surface area (Å²) in [5, 5.41) is 11.6. The van der Waals surface area contributed by atoms with Crippen LogP contribution in [-0.4, -0.2) is 16.7 Å². The standard InChI is InChI=1S/C16H21N3O/c1-3-7-13(8-4-1)11-17-12-15-18-19-16(20-15)14-9-5-2-6-10-14/h2,5-6,9-10,13,17H,1,3-4,7-8,11-12H2. The number of nitrogens with one attached hydrogen (secondary N) is 1. The van der Waals surface area contributed by atoms with Gasteiger partial charge in [0.15, 0.2) is 0 Å². The van der Waals surface area contributed by atoms with Gasteiger partial charge in [0.2, 0.25) is 11.8 Å². The molecule has 1 aliphatic carbocycles. The van der Waals surface area contributed by atoms with Gasteiger partial charge < -0.3 is 9.73 Å².